The Kier molecular flexibility index (Phi) is 6.94. The number of nitrogens with one attached hydrogen (secondary N) is 1. The Morgan fingerprint density at radius 2 is 2.03 bits per heavy atom. The zero-order valence-electron chi connectivity index (χ0n) is 17.5. The summed E-state index contributed by atoms with van der Waals surface area (Å²) in [5.41, 5.74) is 0.791. The number of hydrogen-bond acceptors (Lipinski definition) is 3. The van der Waals surface area contributed by atoms with E-state index < -0.39 is 5.82 Å². The van der Waals surface area contributed by atoms with Gasteiger partial charge in [0.15, 0.2) is 6.61 Å². The monoisotopic (exact) mass is 462 g/mol. The Balaban J connectivity index is 1.53. The molecular formula is C24H25ClF2N2O3. The molecule has 1 N–H and O–H groups in total. The van der Waals surface area contributed by atoms with Gasteiger partial charge in [-0.25, -0.2) is 8.78 Å². The predicted octanol–water partition coefficient (Wildman–Crippen LogP) is 4.27. The molecular weight excluding hydrogens is 438 g/mol. The summed E-state index contributed by atoms with van der Waals surface area (Å²) in [6.45, 7) is -0.237. The molecule has 2 fully saturated rings. The number of fused-ring (bicyclic) bond motifs is 1. The van der Waals surface area contributed by atoms with Gasteiger partial charge in [0.1, 0.15) is 17.4 Å². The number of ether oxygens (including phenoxy) is 1. The number of hydrogen-bond donors (Lipinski definition) is 1. The van der Waals surface area contributed by atoms with Crippen LogP contribution >= 0.6 is 11.6 Å². The Morgan fingerprint density at radius 3 is 2.81 bits per heavy atom. The second-order valence-electron chi connectivity index (χ2n) is 8.38. The van der Waals surface area contributed by atoms with Crippen molar-refractivity contribution >= 4 is 23.4 Å². The van der Waals surface area contributed by atoms with E-state index in [-0.39, 0.29) is 47.4 Å². The molecule has 2 aromatic carbocycles. The van der Waals surface area contributed by atoms with Crippen molar-refractivity contribution < 1.29 is 23.1 Å². The highest BCUT2D eigenvalue weighted by molar-refractivity contribution is 6.30. The Labute approximate surface area is 190 Å². The molecule has 0 saturated carbocycles. The van der Waals surface area contributed by atoms with Crippen molar-refractivity contribution in [3.05, 3.63) is 64.7 Å². The number of amides is 2. The van der Waals surface area contributed by atoms with Gasteiger partial charge in [0.05, 0.1) is 17.1 Å². The summed E-state index contributed by atoms with van der Waals surface area (Å²) < 4.78 is 32.7. The fraction of sp³-hybridized carbons (Fsp3) is 0.417. The Hall–Kier alpha value is -2.67. The van der Waals surface area contributed by atoms with Gasteiger partial charge in [-0.1, -0.05) is 30.2 Å². The highest BCUT2D eigenvalue weighted by atomic mass is 35.5. The molecule has 2 aliphatic heterocycles. The van der Waals surface area contributed by atoms with Crippen molar-refractivity contribution in [2.45, 2.75) is 56.7 Å². The van der Waals surface area contributed by atoms with Crippen LogP contribution in [0.5, 0.6) is 5.75 Å². The molecule has 0 spiro atoms. The average Bonchev–Trinajstić information content (AvgIpc) is 3.06. The van der Waals surface area contributed by atoms with E-state index in [0.717, 1.165) is 24.8 Å². The molecule has 170 valence electrons. The SMILES string of the molecule is O=C1CCCC[C@@H]2[C@H](C[C@@H](Cc3cccc(F)c3)N2C(=O)COc2ccc(F)c(Cl)c2)N1. The Morgan fingerprint density at radius 1 is 1.19 bits per heavy atom. The van der Waals surface area contributed by atoms with Crippen LogP contribution in [-0.4, -0.2) is 41.4 Å². The van der Waals surface area contributed by atoms with E-state index in [0.29, 0.717) is 25.0 Å². The molecule has 32 heavy (non-hydrogen) atoms. The van der Waals surface area contributed by atoms with Gasteiger partial charge in [0.2, 0.25) is 5.91 Å². The summed E-state index contributed by atoms with van der Waals surface area (Å²) in [4.78, 5) is 27.3. The fourth-order valence-electron chi connectivity index (χ4n) is 4.73. The maximum atomic E-state index is 13.7. The van der Waals surface area contributed by atoms with Gasteiger partial charge in [-0.15, -0.1) is 0 Å². The molecule has 0 aromatic heterocycles. The number of carbonyl (C=O) groups excluding carboxylic acids is 2. The molecule has 8 heteroatoms. The second-order valence-corrected chi connectivity index (χ2v) is 8.78. The zero-order valence-corrected chi connectivity index (χ0v) is 18.3. The predicted molar refractivity (Wildman–Crippen MR) is 116 cm³/mol. The van der Waals surface area contributed by atoms with E-state index in [4.69, 9.17) is 16.3 Å². The first kappa shape index (κ1) is 22.5. The molecule has 3 atom stereocenters. The second kappa shape index (κ2) is 9.86. The van der Waals surface area contributed by atoms with E-state index in [1.165, 1.54) is 30.3 Å². The van der Waals surface area contributed by atoms with Crippen LogP contribution in [0.4, 0.5) is 8.78 Å². The summed E-state index contributed by atoms with van der Waals surface area (Å²) in [6, 6.07) is 9.79. The first-order valence-corrected chi connectivity index (χ1v) is 11.2. The molecule has 2 heterocycles. The van der Waals surface area contributed by atoms with Gasteiger partial charge < -0.3 is 15.0 Å². The van der Waals surface area contributed by atoms with E-state index in [2.05, 4.69) is 5.32 Å². The van der Waals surface area contributed by atoms with E-state index in [1.807, 2.05) is 6.07 Å². The van der Waals surface area contributed by atoms with Gasteiger partial charge in [-0.2, -0.15) is 0 Å². The minimum Gasteiger partial charge on any atom is -0.484 e. The normalized spacial score (nSPS) is 23.2. The lowest BCUT2D eigenvalue weighted by Crippen LogP contribution is -2.50. The molecule has 0 aliphatic carbocycles. The van der Waals surface area contributed by atoms with Gasteiger partial charge in [-0.3, -0.25) is 9.59 Å². The molecule has 5 nitrogen and oxygen atoms in total. The van der Waals surface area contributed by atoms with Crippen LogP contribution in [0.25, 0.3) is 0 Å². The van der Waals surface area contributed by atoms with Crippen molar-refractivity contribution in [1.29, 1.82) is 0 Å². The van der Waals surface area contributed by atoms with E-state index in [9.17, 15) is 18.4 Å². The molecule has 2 aromatic rings. The van der Waals surface area contributed by atoms with Crippen LogP contribution in [0, 0.1) is 11.6 Å². The average molecular weight is 463 g/mol. The fourth-order valence-corrected chi connectivity index (χ4v) is 4.90. The quantitative estimate of drug-likeness (QED) is 0.722. The minimum atomic E-state index is -0.562. The first-order chi connectivity index (χ1) is 15.4. The van der Waals surface area contributed by atoms with Crippen LogP contribution in [-0.2, 0) is 16.0 Å². The van der Waals surface area contributed by atoms with Crippen LogP contribution in [0.1, 0.15) is 37.7 Å². The smallest absolute Gasteiger partial charge is 0.261 e. The summed E-state index contributed by atoms with van der Waals surface area (Å²) in [5, 5.41) is 2.99. The van der Waals surface area contributed by atoms with Gasteiger partial charge in [-0.05, 0) is 55.5 Å². The van der Waals surface area contributed by atoms with Crippen molar-refractivity contribution in [2.75, 3.05) is 6.61 Å². The first-order valence-electron chi connectivity index (χ1n) is 10.8. The molecule has 0 bridgehead atoms. The molecule has 0 unspecified atom stereocenters. The number of carbonyl (C=O) groups is 2. The highest BCUT2D eigenvalue weighted by Crippen LogP contribution is 2.32. The maximum Gasteiger partial charge on any atom is 0.261 e. The summed E-state index contributed by atoms with van der Waals surface area (Å²) in [5.74, 6) is -0.819. The van der Waals surface area contributed by atoms with Crippen molar-refractivity contribution in [3.8, 4) is 5.75 Å². The number of halogens is 3. The molecule has 4 rings (SSSR count). The largest absolute Gasteiger partial charge is 0.484 e. The van der Waals surface area contributed by atoms with Crippen LogP contribution in [0.2, 0.25) is 5.02 Å². The number of likely N-dealkylation sites (tertiary alicyclic amines) is 1. The van der Waals surface area contributed by atoms with Gasteiger partial charge >= 0.3 is 0 Å². The van der Waals surface area contributed by atoms with Gasteiger partial charge in [0.25, 0.3) is 5.91 Å². The molecule has 2 saturated heterocycles. The lowest BCUT2D eigenvalue weighted by atomic mass is 9.97. The zero-order chi connectivity index (χ0) is 22.7. The third kappa shape index (κ3) is 5.21. The summed E-state index contributed by atoms with van der Waals surface area (Å²) in [7, 11) is 0. The van der Waals surface area contributed by atoms with Crippen molar-refractivity contribution in [3.63, 3.8) is 0 Å². The lowest BCUT2D eigenvalue weighted by Gasteiger charge is -2.33. The Bertz CT molecular complexity index is 1000. The minimum absolute atomic E-state index is 0.00397. The molecule has 2 amide bonds. The number of nitrogens with zero attached hydrogens (tertiary/aromatic N) is 1. The number of rotatable bonds is 5. The number of benzene rings is 2. The third-order valence-corrected chi connectivity index (χ3v) is 6.43. The topological polar surface area (TPSA) is 58.6 Å². The van der Waals surface area contributed by atoms with E-state index in [1.54, 1.807) is 11.0 Å². The van der Waals surface area contributed by atoms with E-state index >= 15 is 0 Å². The molecule has 2 aliphatic rings. The maximum absolute atomic E-state index is 13.7. The van der Waals surface area contributed by atoms with Crippen LogP contribution in [0.15, 0.2) is 42.5 Å². The molecule has 0 radical (unpaired) electrons. The van der Waals surface area contributed by atoms with Crippen LogP contribution in [0.3, 0.4) is 0 Å². The van der Waals surface area contributed by atoms with Gasteiger partial charge in [0, 0.05) is 18.5 Å². The lowest BCUT2D eigenvalue weighted by molar-refractivity contribution is -0.137. The standard InChI is InChI=1S/C24H25ClF2N2O3/c25-19-13-18(8-9-20(19)27)32-14-24(31)29-17(11-15-4-3-5-16(26)10-15)12-21-22(29)6-1-2-7-23(30)28-21/h3-5,8-10,13,17,21-22H,1-2,6-7,11-12,14H2,(H,28,30)/t17-,21+,22-/m1/s1. The van der Waals surface area contributed by atoms with Crippen molar-refractivity contribution in [2.24, 2.45) is 0 Å². The summed E-state index contributed by atoms with van der Waals surface area (Å²) >= 11 is 5.80. The summed E-state index contributed by atoms with van der Waals surface area (Å²) in [6.07, 6.45) is 3.96. The van der Waals surface area contributed by atoms with Crippen molar-refractivity contribution in [1.82, 2.24) is 10.2 Å². The van der Waals surface area contributed by atoms with Crippen LogP contribution < -0.4 is 10.1 Å². The third-order valence-electron chi connectivity index (χ3n) is 6.14. The highest BCUT2D eigenvalue weighted by Gasteiger charge is 2.44.